The number of ether oxygens (including phenoxy) is 2. The number of carbonyl (C=O) groups excluding carboxylic acids is 2. The number of benzene rings is 1. The normalized spacial score (nSPS) is 11.4. The first-order chi connectivity index (χ1) is 17.2. The summed E-state index contributed by atoms with van der Waals surface area (Å²) in [5.74, 6) is -1.53. The van der Waals surface area contributed by atoms with Crippen LogP contribution in [-0.4, -0.2) is 41.2 Å². The molecule has 0 atom stereocenters. The van der Waals surface area contributed by atoms with Gasteiger partial charge in [0.2, 0.25) is 5.78 Å². The molecule has 0 amide bonds. The van der Waals surface area contributed by atoms with Crippen LogP contribution in [0.2, 0.25) is 0 Å². The van der Waals surface area contributed by atoms with Crippen LogP contribution in [0.5, 0.6) is 0 Å². The lowest BCUT2D eigenvalue weighted by Crippen LogP contribution is -2.16. The Hall–Kier alpha value is -3.96. The smallest absolute Gasteiger partial charge is 0.349 e. The highest BCUT2D eigenvalue weighted by Crippen LogP contribution is 2.20. The average Bonchev–Trinajstić information content (AvgIpc) is 3.29. The molecule has 0 aliphatic heterocycles. The number of rotatable bonds is 10. The Morgan fingerprint density at radius 3 is 2.33 bits per heavy atom. The van der Waals surface area contributed by atoms with Crippen molar-refractivity contribution in [1.82, 2.24) is 9.13 Å². The SMILES string of the molecule is COCCn1c(C)cc(/C=C(\C#N)C(=O)OCC(=O)c2cc(C)n(Cc3ccc(F)cc3)c2C)c1C. The Balaban J connectivity index is 1.70. The molecule has 8 heteroatoms. The average molecular weight is 492 g/mol. The van der Waals surface area contributed by atoms with Gasteiger partial charge in [0.25, 0.3) is 0 Å². The molecule has 0 spiro atoms. The summed E-state index contributed by atoms with van der Waals surface area (Å²) in [7, 11) is 1.63. The Bertz CT molecular complexity index is 1340. The largest absolute Gasteiger partial charge is 0.453 e. The monoisotopic (exact) mass is 491 g/mol. The summed E-state index contributed by atoms with van der Waals surface area (Å²) in [6.07, 6.45) is 1.48. The highest BCUT2D eigenvalue weighted by molar-refractivity contribution is 6.02. The molecule has 0 unspecified atom stereocenters. The van der Waals surface area contributed by atoms with Crippen LogP contribution in [0.1, 0.15) is 44.3 Å². The highest BCUT2D eigenvalue weighted by Gasteiger charge is 2.20. The number of aromatic nitrogens is 2. The number of methoxy groups -OCH3 is 1. The summed E-state index contributed by atoms with van der Waals surface area (Å²) < 4.78 is 27.5. The number of esters is 1. The molecule has 0 bridgehead atoms. The summed E-state index contributed by atoms with van der Waals surface area (Å²) in [4.78, 5) is 25.4. The molecule has 2 heterocycles. The van der Waals surface area contributed by atoms with Crippen LogP contribution >= 0.6 is 0 Å². The number of Topliss-reactive ketones (excluding diaryl/α,β-unsaturated/α-hetero) is 1. The lowest BCUT2D eigenvalue weighted by molar-refractivity contribution is -0.137. The van der Waals surface area contributed by atoms with Gasteiger partial charge in [0.1, 0.15) is 17.5 Å². The lowest BCUT2D eigenvalue weighted by Gasteiger charge is -2.10. The second-order valence-electron chi connectivity index (χ2n) is 8.64. The second kappa shape index (κ2) is 11.6. The van der Waals surface area contributed by atoms with E-state index in [0.29, 0.717) is 25.3 Å². The molecular formula is C28H30FN3O4. The first kappa shape index (κ1) is 26.6. The summed E-state index contributed by atoms with van der Waals surface area (Å²) in [5, 5.41) is 9.53. The van der Waals surface area contributed by atoms with Crippen molar-refractivity contribution in [3.8, 4) is 6.07 Å². The van der Waals surface area contributed by atoms with Crippen LogP contribution in [-0.2, 0) is 27.4 Å². The third kappa shape index (κ3) is 5.99. The van der Waals surface area contributed by atoms with Crippen molar-refractivity contribution >= 4 is 17.8 Å². The number of aryl methyl sites for hydroxylation is 2. The third-order valence-electron chi connectivity index (χ3n) is 6.23. The van der Waals surface area contributed by atoms with Gasteiger partial charge in [-0.15, -0.1) is 0 Å². The van der Waals surface area contributed by atoms with Gasteiger partial charge in [-0.25, -0.2) is 9.18 Å². The molecule has 0 aliphatic carbocycles. The molecule has 0 radical (unpaired) electrons. The van der Waals surface area contributed by atoms with Gasteiger partial charge in [0.15, 0.2) is 6.61 Å². The van der Waals surface area contributed by atoms with E-state index in [1.807, 2.05) is 49.0 Å². The number of carbonyl (C=O) groups is 2. The predicted molar refractivity (Wildman–Crippen MR) is 134 cm³/mol. The number of nitriles is 1. The van der Waals surface area contributed by atoms with E-state index in [2.05, 4.69) is 0 Å². The van der Waals surface area contributed by atoms with Crippen LogP contribution in [0.4, 0.5) is 4.39 Å². The predicted octanol–water partition coefficient (Wildman–Crippen LogP) is 4.69. The van der Waals surface area contributed by atoms with E-state index < -0.39 is 12.6 Å². The fourth-order valence-electron chi connectivity index (χ4n) is 4.18. The fourth-order valence-corrected chi connectivity index (χ4v) is 4.18. The lowest BCUT2D eigenvalue weighted by atomic mass is 10.1. The zero-order valence-corrected chi connectivity index (χ0v) is 21.2. The summed E-state index contributed by atoms with van der Waals surface area (Å²) in [6.45, 7) is 8.72. The number of nitrogens with zero attached hydrogens (tertiary/aromatic N) is 3. The number of hydrogen-bond acceptors (Lipinski definition) is 5. The van der Waals surface area contributed by atoms with Crippen LogP contribution in [0.3, 0.4) is 0 Å². The standard InChI is InChI=1S/C28H30FN3O4/c1-18-12-23(20(3)31(18)10-11-35-5)14-24(15-30)28(34)36-17-27(33)26-13-19(2)32(21(26)4)16-22-6-8-25(29)9-7-22/h6-9,12-14H,10-11,16-17H2,1-5H3/b24-14+. The quantitative estimate of drug-likeness (QED) is 0.178. The summed E-state index contributed by atoms with van der Waals surface area (Å²) in [6, 6.07) is 11.7. The van der Waals surface area contributed by atoms with Gasteiger partial charge in [-0.05, 0) is 69.2 Å². The van der Waals surface area contributed by atoms with E-state index in [-0.39, 0.29) is 17.2 Å². The van der Waals surface area contributed by atoms with E-state index in [0.717, 1.165) is 33.9 Å². The van der Waals surface area contributed by atoms with Crippen molar-refractivity contribution in [2.45, 2.75) is 40.8 Å². The zero-order valence-electron chi connectivity index (χ0n) is 21.2. The van der Waals surface area contributed by atoms with Gasteiger partial charge in [-0.3, -0.25) is 4.79 Å². The van der Waals surface area contributed by atoms with Crippen molar-refractivity contribution in [1.29, 1.82) is 5.26 Å². The topological polar surface area (TPSA) is 86.2 Å². The van der Waals surface area contributed by atoms with E-state index >= 15 is 0 Å². The molecule has 3 rings (SSSR count). The maximum atomic E-state index is 13.2. The molecule has 7 nitrogen and oxygen atoms in total. The molecule has 1 aromatic carbocycles. The van der Waals surface area contributed by atoms with Gasteiger partial charge in [-0.2, -0.15) is 5.26 Å². The molecule has 3 aromatic rings. The van der Waals surface area contributed by atoms with Crippen molar-refractivity contribution in [3.63, 3.8) is 0 Å². The van der Waals surface area contributed by atoms with Crippen LogP contribution in [0, 0.1) is 44.8 Å². The third-order valence-corrected chi connectivity index (χ3v) is 6.23. The van der Waals surface area contributed by atoms with Crippen molar-refractivity contribution in [2.24, 2.45) is 0 Å². The molecule has 0 fully saturated rings. The maximum Gasteiger partial charge on any atom is 0.349 e. The van der Waals surface area contributed by atoms with Crippen molar-refractivity contribution in [3.05, 3.63) is 87.3 Å². The molecule has 0 saturated heterocycles. The highest BCUT2D eigenvalue weighted by atomic mass is 19.1. The van der Waals surface area contributed by atoms with E-state index in [4.69, 9.17) is 9.47 Å². The van der Waals surface area contributed by atoms with Crippen LogP contribution in [0.15, 0.2) is 42.0 Å². The van der Waals surface area contributed by atoms with E-state index in [9.17, 15) is 19.2 Å². The Kier molecular flexibility index (Phi) is 8.62. The van der Waals surface area contributed by atoms with E-state index in [1.165, 1.54) is 18.2 Å². The minimum atomic E-state index is -0.854. The molecule has 0 aliphatic rings. The molecule has 188 valence electrons. The maximum absolute atomic E-state index is 13.2. The molecule has 2 aromatic heterocycles. The minimum absolute atomic E-state index is 0.184. The number of ketones is 1. The summed E-state index contributed by atoms with van der Waals surface area (Å²) in [5.41, 5.74) is 5.33. The fraction of sp³-hybridized carbons (Fsp3) is 0.321. The molecule has 0 N–H and O–H groups in total. The van der Waals surface area contributed by atoms with Gasteiger partial charge in [-0.1, -0.05) is 12.1 Å². The van der Waals surface area contributed by atoms with E-state index in [1.54, 1.807) is 25.3 Å². The van der Waals surface area contributed by atoms with Crippen molar-refractivity contribution in [2.75, 3.05) is 20.3 Å². The minimum Gasteiger partial charge on any atom is -0.453 e. The van der Waals surface area contributed by atoms with Gasteiger partial charge < -0.3 is 18.6 Å². The van der Waals surface area contributed by atoms with Gasteiger partial charge >= 0.3 is 5.97 Å². The first-order valence-electron chi connectivity index (χ1n) is 11.5. The van der Waals surface area contributed by atoms with Crippen LogP contribution < -0.4 is 0 Å². The van der Waals surface area contributed by atoms with Gasteiger partial charge in [0.05, 0.1) is 6.61 Å². The molecular weight excluding hydrogens is 461 g/mol. The number of hydrogen-bond donors (Lipinski definition) is 0. The Labute approximate surface area is 210 Å². The molecule has 0 saturated carbocycles. The Morgan fingerprint density at radius 1 is 1.03 bits per heavy atom. The number of halogens is 1. The van der Waals surface area contributed by atoms with Crippen molar-refractivity contribution < 1.29 is 23.5 Å². The Morgan fingerprint density at radius 2 is 1.69 bits per heavy atom. The first-order valence-corrected chi connectivity index (χ1v) is 11.5. The van der Waals surface area contributed by atoms with Gasteiger partial charge in [0, 0.05) is 48.5 Å². The summed E-state index contributed by atoms with van der Waals surface area (Å²) >= 11 is 0. The van der Waals surface area contributed by atoms with Crippen LogP contribution in [0.25, 0.3) is 6.08 Å². The zero-order chi connectivity index (χ0) is 26.4. The molecule has 36 heavy (non-hydrogen) atoms. The second-order valence-corrected chi connectivity index (χ2v) is 8.64.